The Labute approximate surface area is 230 Å². The molecule has 2 aliphatic heterocycles. The summed E-state index contributed by atoms with van der Waals surface area (Å²) in [6, 6.07) is 9.17. The Kier molecular flexibility index (Phi) is 7.15. The molecule has 1 atom stereocenters. The van der Waals surface area contributed by atoms with Gasteiger partial charge >= 0.3 is 5.97 Å². The number of carbonyl (C=O) groups excluding carboxylic acids is 2. The summed E-state index contributed by atoms with van der Waals surface area (Å²) in [5.74, 6) is 0.359. The number of hydrogen-bond donors (Lipinski definition) is 1. The van der Waals surface area contributed by atoms with E-state index in [1.807, 2.05) is 34.3 Å². The van der Waals surface area contributed by atoms with Crippen molar-refractivity contribution in [1.29, 1.82) is 0 Å². The number of piperidine rings is 1. The third-order valence-corrected chi connectivity index (χ3v) is 10.5. The fraction of sp³-hybridized carbons (Fsp3) is 0.500. The minimum Gasteiger partial charge on any atom is -0.460 e. The van der Waals surface area contributed by atoms with Crippen LogP contribution in [-0.4, -0.2) is 68.7 Å². The summed E-state index contributed by atoms with van der Waals surface area (Å²) in [4.78, 5) is 28.1. The van der Waals surface area contributed by atoms with Gasteiger partial charge in [-0.05, 0) is 93.2 Å². The number of nitrogens with zero attached hydrogens (tertiary/aromatic N) is 4. The lowest BCUT2D eigenvalue weighted by atomic mass is 9.61. The van der Waals surface area contributed by atoms with Crippen molar-refractivity contribution in [2.45, 2.75) is 56.8 Å². The van der Waals surface area contributed by atoms with Gasteiger partial charge in [-0.1, -0.05) is 17.4 Å². The molecule has 6 rings (SSSR count). The lowest BCUT2D eigenvalue weighted by molar-refractivity contribution is -0.181. The van der Waals surface area contributed by atoms with Crippen molar-refractivity contribution in [2.75, 3.05) is 25.4 Å². The number of benzene rings is 1. The number of aldehydes is 1. The van der Waals surface area contributed by atoms with Gasteiger partial charge in [-0.25, -0.2) is 9.48 Å². The highest BCUT2D eigenvalue weighted by Gasteiger charge is 2.51. The summed E-state index contributed by atoms with van der Waals surface area (Å²) in [5.41, 5.74) is 0.901. The first-order valence-electron chi connectivity index (χ1n) is 13.3. The molecule has 0 radical (unpaired) electrons. The molecule has 200 valence electrons. The van der Waals surface area contributed by atoms with Gasteiger partial charge in [-0.15, -0.1) is 28.2 Å². The minimum absolute atomic E-state index is 0.118. The third kappa shape index (κ3) is 4.83. The lowest BCUT2D eigenvalue weighted by Crippen LogP contribution is -2.52. The molecule has 2 aromatic heterocycles. The topological polar surface area (TPSA) is 97.5 Å². The maximum Gasteiger partial charge on any atom is 0.349 e. The predicted molar refractivity (Wildman–Crippen MR) is 148 cm³/mol. The van der Waals surface area contributed by atoms with Gasteiger partial charge in [0.15, 0.2) is 0 Å². The SMILES string of the molecule is O=Cc1ccc2c(c1)nnn2CCCN1CCC2(CC1)CC(OC(=O)C(O)(C1=CCCS1)c1cccs1)C2. The maximum absolute atomic E-state index is 13.3. The number of hydrogen-bond acceptors (Lipinski definition) is 9. The van der Waals surface area contributed by atoms with Gasteiger partial charge in [-0.2, -0.15) is 0 Å². The zero-order valence-corrected chi connectivity index (χ0v) is 22.9. The van der Waals surface area contributed by atoms with Gasteiger partial charge in [0.05, 0.1) is 10.4 Å². The van der Waals surface area contributed by atoms with Crippen molar-refractivity contribution in [3.05, 3.63) is 57.1 Å². The third-order valence-electron chi connectivity index (χ3n) is 8.27. The van der Waals surface area contributed by atoms with Crippen LogP contribution in [0.25, 0.3) is 11.0 Å². The molecule has 1 N–H and O–H groups in total. The first-order chi connectivity index (χ1) is 18.5. The predicted octanol–water partition coefficient (Wildman–Crippen LogP) is 4.39. The highest BCUT2D eigenvalue weighted by molar-refractivity contribution is 8.03. The molecule has 1 aliphatic carbocycles. The Morgan fingerprint density at radius 1 is 1.24 bits per heavy atom. The standard InChI is InChI=1S/C28H32N4O4S2/c33-19-20-6-7-23-22(16-20)29-30-32(23)11-3-10-31-12-8-27(9-13-31)17-21(18-27)36-26(34)28(35,24-4-1-14-37-24)25-5-2-15-38-25/h1,4-7,14,16,19,21,35H,2-3,8-13,15,17-18H2. The highest BCUT2D eigenvalue weighted by Crippen LogP contribution is 2.51. The molecule has 3 aliphatic rings. The summed E-state index contributed by atoms with van der Waals surface area (Å²) in [6.07, 6.45) is 8.51. The van der Waals surface area contributed by atoms with Gasteiger partial charge in [0.1, 0.15) is 17.9 Å². The second-order valence-corrected chi connectivity index (χ2v) is 12.8. The smallest absolute Gasteiger partial charge is 0.349 e. The van der Waals surface area contributed by atoms with E-state index >= 15 is 0 Å². The molecule has 38 heavy (non-hydrogen) atoms. The van der Waals surface area contributed by atoms with Gasteiger partial charge in [0, 0.05) is 22.8 Å². The summed E-state index contributed by atoms with van der Waals surface area (Å²) in [7, 11) is 0. The molecule has 10 heteroatoms. The number of esters is 1. The number of allylic oxidation sites excluding steroid dienone is 1. The normalized spacial score (nSPS) is 21.2. The molecule has 3 aromatic rings. The van der Waals surface area contributed by atoms with Crippen molar-refractivity contribution < 1.29 is 19.4 Å². The second-order valence-electron chi connectivity index (χ2n) is 10.7. The summed E-state index contributed by atoms with van der Waals surface area (Å²) in [6.45, 7) is 3.88. The number of aryl methyl sites for hydroxylation is 1. The minimum atomic E-state index is -1.67. The van der Waals surface area contributed by atoms with Crippen molar-refractivity contribution in [1.82, 2.24) is 19.9 Å². The number of aliphatic hydroxyl groups is 1. The van der Waals surface area contributed by atoms with Crippen LogP contribution in [0.3, 0.4) is 0 Å². The molecule has 1 aromatic carbocycles. The van der Waals surface area contributed by atoms with E-state index in [0.717, 1.165) is 87.8 Å². The highest BCUT2D eigenvalue weighted by atomic mass is 32.2. The number of likely N-dealkylation sites (tertiary alicyclic amines) is 1. The van der Waals surface area contributed by atoms with Crippen molar-refractivity contribution in [3.8, 4) is 0 Å². The molecule has 0 bridgehead atoms. The largest absolute Gasteiger partial charge is 0.460 e. The summed E-state index contributed by atoms with van der Waals surface area (Å²) < 4.78 is 7.83. The van der Waals surface area contributed by atoms with E-state index in [9.17, 15) is 14.7 Å². The lowest BCUT2D eigenvalue weighted by Gasteiger charge is -2.51. The van der Waals surface area contributed by atoms with Crippen molar-refractivity contribution in [3.63, 3.8) is 0 Å². The average molecular weight is 553 g/mol. The van der Waals surface area contributed by atoms with Gasteiger partial charge in [-0.3, -0.25) is 4.79 Å². The Morgan fingerprint density at radius 2 is 2.08 bits per heavy atom. The van der Waals surface area contributed by atoms with E-state index in [0.29, 0.717) is 15.3 Å². The van der Waals surface area contributed by atoms with Crippen molar-refractivity contribution in [2.24, 2.45) is 5.41 Å². The number of thiophene rings is 1. The number of aromatic nitrogens is 3. The van der Waals surface area contributed by atoms with Gasteiger partial charge in [0.2, 0.25) is 5.60 Å². The average Bonchev–Trinajstić information content (AvgIpc) is 3.71. The monoisotopic (exact) mass is 552 g/mol. The molecule has 2 fully saturated rings. The van der Waals surface area contributed by atoms with Crippen LogP contribution in [0.1, 0.15) is 53.8 Å². The number of carbonyl (C=O) groups is 2. The molecule has 8 nitrogen and oxygen atoms in total. The van der Waals surface area contributed by atoms with Crippen LogP contribution in [0.4, 0.5) is 0 Å². The van der Waals surface area contributed by atoms with Crippen LogP contribution in [0.5, 0.6) is 0 Å². The number of ether oxygens (including phenoxy) is 1. The van der Waals surface area contributed by atoms with E-state index in [1.165, 1.54) is 11.3 Å². The molecule has 1 saturated carbocycles. The number of thioether (sulfide) groups is 1. The van der Waals surface area contributed by atoms with E-state index < -0.39 is 11.6 Å². The molecular formula is C28H32N4O4S2. The second kappa shape index (κ2) is 10.6. The first kappa shape index (κ1) is 25.7. The number of rotatable bonds is 9. The first-order valence-corrected chi connectivity index (χ1v) is 15.2. The van der Waals surface area contributed by atoms with Gasteiger partial charge in [0.25, 0.3) is 0 Å². The summed E-state index contributed by atoms with van der Waals surface area (Å²) >= 11 is 2.94. The van der Waals surface area contributed by atoms with Gasteiger partial charge < -0.3 is 14.7 Å². The molecule has 1 unspecified atom stereocenters. The molecule has 0 amide bonds. The van der Waals surface area contributed by atoms with Crippen LogP contribution in [0, 0.1) is 5.41 Å². The maximum atomic E-state index is 13.3. The number of fused-ring (bicyclic) bond motifs is 1. The molecule has 1 spiro atoms. The van der Waals surface area contributed by atoms with Crippen LogP contribution in [-0.2, 0) is 21.7 Å². The van der Waals surface area contributed by atoms with E-state index in [1.54, 1.807) is 23.9 Å². The summed E-state index contributed by atoms with van der Waals surface area (Å²) in [5, 5.41) is 21.8. The molecule has 4 heterocycles. The van der Waals surface area contributed by atoms with E-state index in [4.69, 9.17) is 4.74 Å². The van der Waals surface area contributed by atoms with E-state index in [-0.39, 0.29) is 11.5 Å². The van der Waals surface area contributed by atoms with Crippen LogP contribution < -0.4 is 0 Å². The fourth-order valence-corrected chi connectivity index (χ4v) is 8.02. The Morgan fingerprint density at radius 3 is 2.79 bits per heavy atom. The molecular weight excluding hydrogens is 520 g/mol. The zero-order chi connectivity index (χ0) is 26.2. The Hall–Kier alpha value is -2.53. The molecule has 1 saturated heterocycles. The van der Waals surface area contributed by atoms with Crippen LogP contribution in [0.15, 0.2) is 46.7 Å². The Bertz CT molecular complexity index is 1340. The van der Waals surface area contributed by atoms with Crippen molar-refractivity contribution >= 4 is 46.4 Å². The zero-order valence-electron chi connectivity index (χ0n) is 21.3. The van der Waals surface area contributed by atoms with Crippen LogP contribution >= 0.6 is 23.1 Å². The Balaban J connectivity index is 0.971. The quantitative estimate of drug-likeness (QED) is 0.308. The van der Waals surface area contributed by atoms with Crippen LogP contribution in [0.2, 0.25) is 0 Å². The fourth-order valence-electron chi connectivity index (χ4n) is 6.03. The van der Waals surface area contributed by atoms with E-state index in [2.05, 4.69) is 15.2 Å².